The van der Waals surface area contributed by atoms with Crippen molar-refractivity contribution >= 4 is 11.9 Å². The van der Waals surface area contributed by atoms with Crippen LogP contribution < -0.4 is 4.74 Å². The molecule has 7 heteroatoms. The summed E-state index contributed by atoms with van der Waals surface area (Å²) in [5, 5.41) is 10.0. The van der Waals surface area contributed by atoms with Gasteiger partial charge >= 0.3 is 5.97 Å². The first-order chi connectivity index (χ1) is 12.9. The molecule has 1 N–H and O–H groups in total. The second kappa shape index (κ2) is 6.49. The Bertz CT molecular complexity index is 758. The predicted molar refractivity (Wildman–Crippen MR) is 97.8 cm³/mol. The van der Waals surface area contributed by atoms with Crippen LogP contribution >= 0.6 is 0 Å². The van der Waals surface area contributed by atoms with Crippen molar-refractivity contribution in [3.63, 3.8) is 0 Å². The van der Waals surface area contributed by atoms with Gasteiger partial charge in [-0.3, -0.25) is 14.5 Å². The minimum atomic E-state index is -1.09. The van der Waals surface area contributed by atoms with E-state index in [2.05, 4.69) is 4.90 Å². The number of hydrogen-bond donors (Lipinski definition) is 1. The number of carbonyl (C=O) groups is 2. The summed E-state index contributed by atoms with van der Waals surface area (Å²) in [5.41, 5.74) is -0.909. The molecule has 2 fully saturated rings. The molecule has 0 aromatic heterocycles. The largest absolute Gasteiger partial charge is 0.492 e. The van der Waals surface area contributed by atoms with E-state index in [0.29, 0.717) is 32.8 Å². The molecule has 3 aliphatic heterocycles. The van der Waals surface area contributed by atoms with Crippen LogP contribution in [-0.2, 0) is 14.3 Å². The summed E-state index contributed by atoms with van der Waals surface area (Å²) in [6, 6.07) is 7.55. The van der Waals surface area contributed by atoms with E-state index in [1.807, 2.05) is 38.1 Å². The summed E-state index contributed by atoms with van der Waals surface area (Å²) >= 11 is 0. The molecule has 0 bridgehead atoms. The molecule has 3 aliphatic rings. The highest BCUT2D eigenvalue weighted by Gasteiger charge is 2.58. The van der Waals surface area contributed by atoms with E-state index in [1.54, 1.807) is 4.90 Å². The van der Waals surface area contributed by atoms with E-state index >= 15 is 0 Å². The van der Waals surface area contributed by atoms with Gasteiger partial charge in [-0.25, -0.2) is 0 Å². The van der Waals surface area contributed by atoms with Crippen LogP contribution in [0.2, 0.25) is 0 Å². The molecular formula is C20H26N2O5. The van der Waals surface area contributed by atoms with Gasteiger partial charge in [-0.05, 0) is 19.9 Å². The third kappa shape index (κ3) is 2.80. The van der Waals surface area contributed by atoms with Crippen LogP contribution in [0, 0.1) is 5.41 Å². The number of likely N-dealkylation sites (tertiary alicyclic amines) is 1. The molecule has 0 radical (unpaired) electrons. The minimum Gasteiger partial charge on any atom is -0.492 e. The zero-order chi connectivity index (χ0) is 19.2. The fourth-order valence-electron chi connectivity index (χ4n) is 4.64. The molecule has 0 spiro atoms. The second-order valence-electron chi connectivity index (χ2n) is 8.18. The van der Waals surface area contributed by atoms with Crippen molar-refractivity contribution in [3.05, 3.63) is 29.8 Å². The number of hydrogen-bond acceptors (Lipinski definition) is 5. The van der Waals surface area contributed by atoms with Gasteiger partial charge < -0.3 is 19.5 Å². The van der Waals surface area contributed by atoms with Crippen molar-refractivity contribution in [2.45, 2.75) is 25.3 Å². The van der Waals surface area contributed by atoms with Gasteiger partial charge in [0.15, 0.2) is 0 Å². The highest BCUT2D eigenvalue weighted by atomic mass is 16.5. The zero-order valence-corrected chi connectivity index (χ0v) is 15.8. The van der Waals surface area contributed by atoms with Gasteiger partial charge in [0.2, 0.25) is 5.91 Å². The number of morpholine rings is 1. The number of carboxylic acids is 1. The maximum absolute atomic E-state index is 13.4. The van der Waals surface area contributed by atoms with Crippen LogP contribution in [-0.4, -0.2) is 78.3 Å². The van der Waals surface area contributed by atoms with E-state index in [1.165, 1.54) is 0 Å². The van der Waals surface area contributed by atoms with Crippen LogP contribution in [0.3, 0.4) is 0 Å². The van der Waals surface area contributed by atoms with Crippen molar-refractivity contribution in [1.29, 1.82) is 0 Å². The molecule has 27 heavy (non-hydrogen) atoms. The lowest BCUT2D eigenvalue weighted by Gasteiger charge is -2.41. The Labute approximate surface area is 158 Å². The summed E-state index contributed by atoms with van der Waals surface area (Å²) in [4.78, 5) is 29.5. The third-order valence-electron chi connectivity index (χ3n) is 6.36. The molecule has 3 heterocycles. The molecule has 0 aliphatic carbocycles. The lowest BCUT2D eigenvalue weighted by molar-refractivity contribution is -0.153. The average Bonchev–Trinajstić information content (AvgIpc) is 3.09. The first-order valence-corrected chi connectivity index (χ1v) is 9.43. The monoisotopic (exact) mass is 374 g/mol. The fourth-order valence-corrected chi connectivity index (χ4v) is 4.64. The molecule has 2 atom stereocenters. The average molecular weight is 374 g/mol. The van der Waals surface area contributed by atoms with Gasteiger partial charge in [-0.15, -0.1) is 0 Å². The smallest absolute Gasteiger partial charge is 0.315 e. The molecule has 0 saturated carbocycles. The van der Waals surface area contributed by atoms with Crippen molar-refractivity contribution in [1.82, 2.24) is 9.80 Å². The molecule has 4 rings (SSSR count). The highest BCUT2D eigenvalue weighted by Crippen LogP contribution is 2.50. The van der Waals surface area contributed by atoms with Crippen LogP contribution in [0.4, 0.5) is 0 Å². The number of para-hydroxylation sites is 1. The molecule has 2 saturated heterocycles. The molecule has 7 nitrogen and oxygen atoms in total. The van der Waals surface area contributed by atoms with Crippen LogP contribution in [0.25, 0.3) is 0 Å². The molecule has 146 valence electrons. The predicted octanol–water partition coefficient (Wildman–Crippen LogP) is 1.19. The minimum absolute atomic E-state index is 0.0306. The third-order valence-corrected chi connectivity index (χ3v) is 6.36. The van der Waals surface area contributed by atoms with E-state index in [4.69, 9.17) is 9.47 Å². The summed E-state index contributed by atoms with van der Waals surface area (Å²) in [5.74, 6) is -0.469. The van der Waals surface area contributed by atoms with E-state index < -0.39 is 16.9 Å². The first kappa shape index (κ1) is 18.3. The van der Waals surface area contributed by atoms with Gasteiger partial charge in [-0.2, -0.15) is 0 Å². The quantitative estimate of drug-likeness (QED) is 0.856. The fraction of sp³-hybridized carbons (Fsp3) is 0.600. The molecule has 1 aromatic carbocycles. The molecule has 1 aromatic rings. The number of aliphatic carboxylic acids is 1. The number of fused-ring (bicyclic) bond motifs is 3. The molecular weight excluding hydrogens is 348 g/mol. The number of carboxylic acid groups (broad SMARTS) is 1. The Balaban J connectivity index is 1.63. The number of benzene rings is 1. The standard InChI is InChI=1S/C20H26N2O5/c1-19(2,22-7-9-26-10-8-22)17(23)21-11-15-14-5-3-4-6-16(14)27-13-20(15,12-21)18(24)25/h3-6,15H,7-13H2,1-2H3,(H,24,25)/t15-,20-/m1/s1. The zero-order valence-electron chi connectivity index (χ0n) is 15.8. The van der Waals surface area contributed by atoms with Crippen molar-refractivity contribution in [2.24, 2.45) is 5.41 Å². The molecule has 0 unspecified atom stereocenters. The summed E-state index contributed by atoms with van der Waals surface area (Å²) < 4.78 is 11.2. The van der Waals surface area contributed by atoms with Gasteiger partial charge in [0.25, 0.3) is 0 Å². The van der Waals surface area contributed by atoms with Crippen LogP contribution in [0.1, 0.15) is 25.3 Å². The Morgan fingerprint density at radius 3 is 2.63 bits per heavy atom. The van der Waals surface area contributed by atoms with Crippen LogP contribution in [0.15, 0.2) is 24.3 Å². The van der Waals surface area contributed by atoms with E-state index in [0.717, 1.165) is 11.3 Å². The number of ether oxygens (including phenoxy) is 2. The number of amides is 1. The summed E-state index contributed by atoms with van der Waals surface area (Å²) in [7, 11) is 0. The number of rotatable bonds is 3. The van der Waals surface area contributed by atoms with Gasteiger partial charge in [-0.1, -0.05) is 18.2 Å². The summed E-state index contributed by atoms with van der Waals surface area (Å²) in [6.45, 7) is 7.12. The van der Waals surface area contributed by atoms with Crippen LogP contribution in [0.5, 0.6) is 5.75 Å². The van der Waals surface area contributed by atoms with Gasteiger partial charge in [0.05, 0.1) is 18.8 Å². The topological polar surface area (TPSA) is 79.3 Å². The first-order valence-electron chi connectivity index (χ1n) is 9.43. The van der Waals surface area contributed by atoms with Gasteiger partial charge in [0, 0.05) is 37.7 Å². The Hall–Kier alpha value is -2.12. The highest BCUT2D eigenvalue weighted by molar-refractivity contribution is 5.88. The lowest BCUT2D eigenvalue weighted by atomic mass is 9.73. The Morgan fingerprint density at radius 2 is 1.93 bits per heavy atom. The second-order valence-corrected chi connectivity index (χ2v) is 8.18. The van der Waals surface area contributed by atoms with Crippen molar-refractivity contribution < 1.29 is 24.2 Å². The van der Waals surface area contributed by atoms with E-state index in [-0.39, 0.29) is 25.0 Å². The SMILES string of the molecule is CC(C)(C(=O)N1C[C@@H]2c3ccccc3OC[C@]2(C(=O)O)C1)N1CCOCC1. The Morgan fingerprint density at radius 1 is 1.22 bits per heavy atom. The van der Waals surface area contributed by atoms with E-state index in [9.17, 15) is 14.7 Å². The lowest BCUT2D eigenvalue weighted by Crippen LogP contribution is -2.59. The Kier molecular flexibility index (Phi) is 4.39. The maximum Gasteiger partial charge on any atom is 0.315 e. The van der Waals surface area contributed by atoms with Crippen molar-refractivity contribution in [3.8, 4) is 5.75 Å². The van der Waals surface area contributed by atoms with Gasteiger partial charge in [0.1, 0.15) is 17.8 Å². The summed E-state index contributed by atoms with van der Waals surface area (Å²) in [6.07, 6.45) is 0. The maximum atomic E-state index is 13.4. The number of carbonyl (C=O) groups excluding carboxylic acids is 1. The number of nitrogens with zero attached hydrogens (tertiary/aromatic N) is 2. The van der Waals surface area contributed by atoms with Crippen molar-refractivity contribution in [2.75, 3.05) is 46.0 Å². The molecule has 1 amide bonds. The normalized spacial score (nSPS) is 28.2.